The Kier molecular flexibility index (Phi) is 1.99. The van der Waals surface area contributed by atoms with E-state index in [4.69, 9.17) is 0 Å². The van der Waals surface area contributed by atoms with E-state index in [1.165, 1.54) is 18.6 Å². The topological polar surface area (TPSA) is 25.2 Å². The van der Waals surface area contributed by atoms with Gasteiger partial charge < -0.3 is 0 Å². The summed E-state index contributed by atoms with van der Waals surface area (Å²) in [5.74, 6) is 0. The van der Waals surface area contributed by atoms with Gasteiger partial charge in [-0.2, -0.15) is 0 Å². The molecule has 0 bridgehead atoms. The molecule has 2 heterocycles. The number of nitrogens with zero attached hydrogens (tertiary/aromatic N) is 2. The van der Waals surface area contributed by atoms with Crippen LogP contribution in [-0.2, 0) is 0 Å². The summed E-state index contributed by atoms with van der Waals surface area (Å²) in [5, 5.41) is 3.12. The molecule has 0 aliphatic carbocycles. The van der Waals surface area contributed by atoms with Crippen LogP contribution >= 0.6 is 11.3 Å². The molecule has 11 heavy (non-hydrogen) atoms. The minimum atomic E-state index is 0.995. The van der Waals surface area contributed by atoms with Crippen LogP contribution in [0.2, 0.25) is 0 Å². The zero-order chi connectivity index (χ0) is 7.52. The van der Waals surface area contributed by atoms with Crippen molar-refractivity contribution in [3.05, 3.63) is 16.6 Å². The van der Waals surface area contributed by atoms with Crippen molar-refractivity contribution in [3.63, 3.8) is 0 Å². The zero-order valence-electron chi connectivity index (χ0n) is 6.29. The van der Waals surface area contributed by atoms with Gasteiger partial charge in [-0.25, -0.2) is 4.98 Å². The molecular formula is C8H10N2S. The Morgan fingerprint density at radius 2 is 2.36 bits per heavy atom. The summed E-state index contributed by atoms with van der Waals surface area (Å²) in [5.41, 5.74) is 1.21. The van der Waals surface area contributed by atoms with Gasteiger partial charge in [0.1, 0.15) is 5.01 Å². The lowest BCUT2D eigenvalue weighted by molar-refractivity contribution is 0.738. The molecule has 0 spiro atoms. The molecule has 0 saturated carbocycles. The van der Waals surface area contributed by atoms with Gasteiger partial charge in [0.05, 0.1) is 5.71 Å². The standard InChI is InChI=1S/C8H10N2S/c1-2-4-9-7(3-1)8-10-5-6-11-8/h5-6H,1-4H2. The molecule has 1 aliphatic heterocycles. The third kappa shape index (κ3) is 1.48. The predicted octanol–water partition coefficient (Wildman–Crippen LogP) is 2.12. The Labute approximate surface area is 70.0 Å². The van der Waals surface area contributed by atoms with E-state index in [0.29, 0.717) is 0 Å². The normalized spacial score (nSPS) is 18.0. The molecular weight excluding hydrogens is 156 g/mol. The number of hydrogen-bond acceptors (Lipinski definition) is 3. The minimum absolute atomic E-state index is 0.995. The highest BCUT2D eigenvalue weighted by atomic mass is 32.1. The smallest absolute Gasteiger partial charge is 0.137 e. The first-order valence-electron chi connectivity index (χ1n) is 3.90. The van der Waals surface area contributed by atoms with Crippen LogP contribution in [0.15, 0.2) is 16.6 Å². The van der Waals surface area contributed by atoms with Crippen LogP contribution in [0, 0.1) is 0 Å². The van der Waals surface area contributed by atoms with Gasteiger partial charge >= 0.3 is 0 Å². The highest BCUT2D eigenvalue weighted by Gasteiger charge is 2.08. The van der Waals surface area contributed by atoms with Crippen LogP contribution in [0.1, 0.15) is 24.3 Å². The van der Waals surface area contributed by atoms with Crippen molar-refractivity contribution in [2.24, 2.45) is 4.99 Å². The zero-order valence-corrected chi connectivity index (χ0v) is 7.10. The molecule has 3 heteroatoms. The first-order valence-corrected chi connectivity index (χ1v) is 4.78. The van der Waals surface area contributed by atoms with E-state index >= 15 is 0 Å². The Balaban J connectivity index is 2.22. The SMILES string of the molecule is c1csc(C2=NCCCC2)n1. The lowest BCUT2D eigenvalue weighted by Crippen LogP contribution is -2.06. The third-order valence-corrected chi connectivity index (χ3v) is 2.63. The number of aliphatic imine (C=N–C) groups is 1. The largest absolute Gasteiger partial charge is 0.287 e. The maximum atomic E-state index is 4.44. The van der Waals surface area contributed by atoms with Gasteiger partial charge in [-0.3, -0.25) is 4.99 Å². The maximum Gasteiger partial charge on any atom is 0.137 e. The van der Waals surface area contributed by atoms with Gasteiger partial charge in [-0.15, -0.1) is 11.3 Å². The Morgan fingerprint density at radius 3 is 3.00 bits per heavy atom. The van der Waals surface area contributed by atoms with Crippen molar-refractivity contribution in [2.45, 2.75) is 19.3 Å². The van der Waals surface area contributed by atoms with Crippen molar-refractivity contribution >= 4 is 17.0 Å². The van der Waals surface area contributed by atoms with Crippen LogP contribution in [0.25, 0.3) is 0 Å². The summed E-state index contributed by atoms with van der Waals surface area (Å²) >= 11 is 1.69. The summed E-state index contributed by atoms with van der Waals surface area (Å²) < 4.78 is 0. The molecule has 0 fully saturated rings. The molecule has 1 aromatic rings. The lowest BCUT2D eigenvalue weighted by Gasteiger charge is -2.08. The van der Waals surface area contributed by atoms with Gasteiger partial charge in [0.15, 0.2) is 0 Å². The van der Waals surface area contributed by atoms with E-state index in [9.17, 15) is 0 Å². The number of rotatable bonds is 1. The summed E-state index contributed by atoms with van der Waals surface area (Å²) in [6.07, 6.45) is 5.48. The number of hydrogen-bond donors (Lipinski definition) is 0. The van der Waals surface area contributed by atoms with Crippen LogP contribution < -0.4 is 0 Å². The molecule has 0 radical (unpaired) electrons. The summed E-state index contributed by atoms with van der Waals surface area (Å²) in [4.78, 5) is 8.66. The molecule has 0 atom stereocenters. The monoisotopic (exact) mass is 166 g/mol. The number of thiazole rings is 1. The average Bonchev–Trinajstić information content (AvgIpc) is 2.58. The first kappa shape index (κ1) is 6.98. The second kappa shape index (κ2) is 3.13. The third-order valence-electron chi connectivity index (χ3n) is 1.80. The molecule has 0 aromatic carbocycles. The van der Waals surface area contributed by atoms with Crippen LogP contribution in [0.3, 0.4) is 0 Å². The van der Waals surface area contributed by atoms with Crippen molar-refractivity contribution in [3.8, 4) is 0 Å². The van der Waals surface area contributed by atoms with E-state index in [-0.39, 0.29) is 0 Å². The average molecular weight is 166 g/mol. The molecule has 0 N–H and O–H groups in total. The predicted molar refractivity (Wildman–Crippen MR) is 47.4 cm³/mol. The lowest BCUT2D eigenvalue weighted by atomic mass is 10.1. The van der Waals surface area contributed by atoms with Crippen LogP contribution in [0.4, 0.5) is 0 Å². The maximum absolute atomic E-state index is 4.44. The van der Waals surface area contributed by atoms with Crippen molar-refractivity contribution in [1.29, 1.82) is 0 Å². The molecule has 1 aliphatic rings. The van der Waals surface area contributed by atoms with E-state index < -0.39 is 0 Å². The van der Waals surface area contributed by atoms with Gasteiger partial charge in [0.2, 0.25) is 0 Å². The van der Waals surface area contributed by atoms with E-state index in [1.54, 1.807) is 11.3 Å². The first-order chi connectivity index (χ1) is 5.47. The minimum Gasteiger partial charge on any atom is -0.287 e. The van der Waals surface area contributed by atoms with Crippen molar-refractivity contribution in [1.82, 2.24) is 4.98 Å². The van der Waals surface area contributed by atoms with E-state index in [1.807, 2.05) is 11.6 Å². The molecule has 2 nitrogen and oxygen atoms in total. The van der Waals surface area contributed by atoms with E-state index in [0.717, 1.165) is 18.0 Å². The van der Waals surface area contributed by atoms with E-state index in [2.05, 4.69) is 9.98 Å². The second-order valence-electron chi connectivity index (χ2n) is 2.62. The Hall–Kier alpha value is -0.700. The van der Waals surface area contributed by atoms with Gasteiger partial charge in [-0.1, -0.05) is 0 Å². The summed E-state index contributed by atoms with van der Waals surface area (Å²) in [7, 11) is 0. The second-order valence-corrected chi connectivity index (χ2v) is 3.52. The highest BCUT2D eigenvalue weighted by Crippen LogP contribution is 2.14. The molecule has 58 valence electrons. The fourth-order valence-electron chi connectivity index (χ4n) is 1.24. The Morgan fingerprint density at radius 1 is 1.36 bits per heavy atom. The fraction of sp³-hybridized carbons (Fsp3) is 0.500. The van der Waals surface area contributed by atoms with Gasteiger partial charge in [0, 0.05) is 18.1 Å². The molecule has 0 saturated heterocycles. The molecule has 0 amide bonds. The summed E-state index contributed by atoms with van der Waals surface area (Å²) in [6.45, 7) is 0.995. The van der Waals surface area contributed by atoms with Crippen LogP contribution in [0.5, 0.6) is 0 Å². The van der Waals surface area contributed by atoms with Crippen molar-refractivity contribution < 1.29 is 0 Å². The van der Waals surface area contributed by atoms with Crippen molar-refractivity contribution in [2.75, 3.05) is 6.54 Å². The quantitative estimate of drug-likeness (QED) is 0.627. The Bertz CT molecular complexity index is 251. The molecule has 2 rings (SSSR count). The highest BCUT2D eigenvalue weighted by molar-refractivity contribution is 7.11. The molecule has 1 aromatic heterocycles. The number of aromatic nitrogens is 1. The fourth-order valence-corrected chi connectivity index (χ4v) is 1.91. The van der Waals surface area contributed by atoms with Crippen LogP contribution in [-0.4, -0.2) is 17.2 Å². The van der Waals surface area contributed by atoms with Gasteiger partial charge in [-0.05, 0) is 19.3 Å². The summed E-state index contributed by atoms with van der Waals surface area (Å²) in [6, 6.07) is 0. The molecule has 0 unspecified atom stereocenters. The van der Waals surface area contributed by atoms with Gasteiger partial charge in [0.25, 0.3) is 0 Å².